The Balaban J connectivity index is 2.98. The lowest BCUT2D eigenvalue weighted by atomic mass is 9.98. The highest BCUT2D eigenvalue weighted by Crippen LogP contribution is 2.32. The summed E-state index contributed by atoms with van der Waals surface area (Å²) in [6.07, 6.45) is 5.15. The summed E-state index contributed by atoms with van der Waals surface area (Å²) in [5.41, 5.74) is 0. The summed E-state index contributed by atoms with van der Waals surface area (Å²) < 4.78 is 0.175. The minimum Gasteiger partial charge on any atom is -0.264 e. The molecule has 12 heavy (non-hydrogen) atoms. The summed E-state index contributed by atoms with van der Waals surface area (Å²) in [4.78, 5) is 10.3. The van der Waals surface area contributed by atoms with E-state index in [2.05, 4.69) is 31.9 Å². The van der Waals surface area contributed by atoms with Gasteiger partial charge < -0.3 is 0 Å². The van der Waals surface area contributed by atoms with Gasteiger partial charge in [0.2, 0.25) is 0 Å². The van der Waals surface area contributed by atoms with Gasteiger partial charge in [-0.05, 0) is 6.92 Å². The highest BCUT2D eigenvalue weighted by atomic mass is 79.9. The van der Waals surface area contributed by atoms with Crippen molar-refractivity contribution >= 4 is 31.9 Å². The molecule has 1 rings (SSSR count). The van der Waals surface area contributed by atoms with Crippen LogP contribution in [-0.2, 0) is 0 Å². The molecule has 0 saturated carbocycles. The third-order valence-electron chi connectivity index (χ3n) is 1.69. The summed E-state index contributed by atoms with van der Waals surface area (Å²) >= 11 is 6.49. The highest BCUT2D eigenvalue weighted by Gasteiger charge is 2.38. The molecule has 0 aromatic rings. The molecule has 1 aliphatic carbocycles. The van der Waals surface area contributed by atoms with Gasteiger partial charge in [-0.2, -0.15) is 0 Å². The zero-order valence-corrected chi connectivity index (χ0v) is 9.50. The lowest BCUT2D eigenvalue weighted by Gasteiger charge is -2.23. The Morgan fingerprint density at radius 1 is 1.75 bits per heavy atom. The second-order valence-corrected chi connectivity index (χ2v) is 5.39. The molecule has 5 heteroatoms. The Morgan fingerprint density at radius 2 is 2.33 bits per heavy atom. The Kier molecular flexibility index (Phi) is 2.73. The minimum absolute atomic E-state index is 0.306. The van der Waals surface area contributed by atoms with Gasteiger partial charge in [0, 0.05) is 15.5 Å². The number of nitrogens with zero attached hydrogens (tertiary/aromatic N) is 1. The van der Waals surface area contributed by atoms with Crippen molar-refractivity contribution in [2.24, 2.45) is 0 Å². The maximum atomic E-state index is 10.6. The predicted molar refractivity (Wildman–Crippen MR) is 54.3 cm³/mol. The van der Waals surface area contributed by atoms with Gasteiger partial charge in [0.25, 0.3) is 6.04 Å². The first-order chi connectivity index (χ1) is 5.43. The third kappa shape index (κ3) is 1.95. The van der Waals surface area contributed by atoms with Gasteiger partial charge in [-0.1, -0.05) is 44.0 Å². The van der Waals surface area contributed by atoms with Crippen molar-refractivity contribution in [1.29, 1.82) is 0 Å². The monoisotopic (exact) mass is 295 g/mol. The van der Waals surface area contributed by atoms with Crippen LogP contribution >= 0.6 is 31.9 Å². The van der Waals surface area contributed by atoms with Crippen molar-refractivity contribution in [2.45, 2.75) is 17.3 Å². The Morgan fingerprint density at radius 3 is 2.75 bits per heavy atom. The van der Waals surface area contributed by atoms with Crippen molar-refractivity contribution in [3.8, 4) is 0 Å². The molecular formula is C7H7Br2NO2. The number of halogens is 2. The molecule has 0 bridgehead atoms. The maximum Gasteiger partial charge on any atom is 0.250 e. The van der Waals surface area contributed by atoms with Crippen LogP contribution in [-0.4, -0.2) is 15.3 Å². The molecule has 1 aliphatic rings. The normalized spacial score (nSPS) is 34.6. The predicted octanol–water partition coefficient (Wildman–Crippen LogP) is 2.63. The van der Waals surface area contributed by atoms with E-state index in [1.807, 2.05) is 0 Å². The smallest absolute Gasteiger partial charge is 0.250 e. The molecule has 2 atom stereocenters. The van der Waals surface area contributed by atoms with Gasteiger partial charge in [-0.25, -0.2) is 0 Å². The van der Waals surface area contributed by atoms with Crippen LogP contribution in [0.15, 0.2) is 22.7 Å². The second-order valence-electron chi connectivity index (χ2n) is 2.77. The molecule has 66 valence electrons. The van der Waals surface area contributed by atoms with Crippen LogP contribution in [0.3, 0.4) is 0 Å². The lowest BCUT2D eigenvalue weighted by Crippen LogP contribution is -2.37. The minimum atomic E-state index is -0.711. The molecule has 0 N–H and O–H groups in total. The summed E-state index contributed by atoms with van der Waals surface area (Å²) in [6, 6.07) is -0.711. The van der Waals surface area contributed by atoms with E-state index in [-0.39, 0.29) is 4.92 Å². The van der Waals surface area contributed by atoms with Crippen molar-refractivity contribution in [3.63, 3.8) is 0 Å². The topological polar surface area (TPSA) is 43.1 Å². The summed E-state index contributed by atoms with van der Waals surface area (Å²) in [5, 5.41) is 10.6. The fraction of sp³-hybridized carbons (Fsp3) is 0.429. The molecule has 0 radical (unpaired) electrons. The molecule has 0 heterocycles. The van der Waals surface area contributed by atoms with Crippen LogP contribution in [0.4, 0.5) is 0 Å². The standard InChI is InChI=1S/C7H7Br2NO2/c1-7(9)3-2-5(8)4-6(7)10(11)12/h2-4,6H,1H3. The molecule has 2 unspecified atom stereocenters. The highest BCUT2D eigenvalue weighted by molar-refractivity contribution is 9.12. The van der Waals surface area contributed by atoms with Crippen molar-refractivity contribution < 1.29 is 4.92 Å². The second kappa shape index (κ2) is 3.30. The molecule has 0 aliphatic heterocycles. The van der Waals surface area contributed by atoms with E-state index >= 15 is 0 Å². The van der Waals surface area contributed by atoms with Crippen LogP contribution in [0, 0.1) is 10.1 Å². The first-order valence-electron chi connectivity index (χ1n) is 3.32. The first-order valence-corrected chi connectivity index (χ1v) is 4.91. The largest absolute Gasteiger partial charge is 0.264 e. The fourth-order valence-corrected chi connectivity index (χ4v) is 1.79. The van der Waals surface area contributed by atoms with Crippen LogP contribution < -0.4 is 0 Å². The summed E-state index contributed by atoms with van der Waals surface area (Å²) in [5.74, 6) is 0. The number of allylic oxidation sites excluding steroid dienone is 2. The summed E-state index contributed by atoms with van der Waals surface area (Å²) in [6.45, 7) is 1.77. The van der Waals surface area contributed by atoms with Gasteiger partial charge in [0.15, 0.2) is 0 Å². The van der Waals surface area contributed by atoms with Crippen LogP contribution in [0.1, 0.15) is 6.92 Å². The fourth-order valence-electron chi connectivity index (χ4n) is 0.977. The van der Waals surface area contributed by atoms with E-state index in [0.717, 1.165) is 4.48 Å². The van der Waals surface area contributed by atoms with Crippen LogP contribution in [0.5, 0.6) is 0 Å². The summed E-state index contributed by atoms with van der Waals surface area (Å²) in [7, 11) is 0. The zero-order chi connectivity index (χ0) is 9.35. The number of hydrogen-bond acceptors (Lipinski definition) is 2. The molecule has 0 spiro atoms. The Bertz CT molecular complexity index is 271. The maximum absolute atomic E-state index is 10.6. The molecule has 0 aromatic carbocycles. The van der Waals surface area contributed by atoms with E-state index in [1.54, 1.807) is 25.2 Å². The lowest BCUT2D eigenvalue weighted by molar-refractivity contribution is -0.512. The quantitative estimate of drug-likeness (QED) is 0.424. The zero-order valence-electron chi connectivity index (χ0n) is 6.33. The Labute approximate surface area is 86.9 Å². The van der Waals surface area contributed by atoms with Crippen LogP contribution in [0.25, 0.3) is 0 Å². The van der Waals surface area contributed by atoms with Crippen molar-refractivity contribution in [2.75, 3.05) is 0 Å². The molecular weight excluding hydrogens is 290 g/mol. The van der Waals surface area contributed by atoms with E-state index in [9.17, 15) is 10.1 Å². The molecule has 3 nitrogen and oxygen atoms in total. The average Bonchev–Trinajstić information content (AvgIpc) is 1.94. The molecule has 0 fully saturated rings. The number of nitro groups is 1. The van der Waals surface area contributed by atoms with Gasteiger partial charge in [-0.15, -0.1) is 0 Å². The Hall–Kier alpha value is -0.160. The van der Waals surface area contributed by atoms with E-state index in [0.29, 0.717) is 0 Å². The molecule has 0 amide bonds. The van der Waals surface area contributed by atoms with E-state index in [4.69, 9.17) is 0 Å². The van der Waals surface area contributed by atoms with E-state index in [1.165, 1.54) is 0 Å². The van der Waals surface area contributed by atoms with Crippen molar-refractivity contribution in [1.82, 2.24) is 0 Å². The number of alkyl halides is 1. The van der Waals surface area contributed by atoms with Gasteiger partial charge in [-0.3, -0.25) is 10.1 Å². The van der Waals surface area contributed by atoms with Gasteiger partial charge >= 0.3 is 0 Å². The van der Waals surface area contributed by atoms with Gasteiger partial charge in [0.1, 0.15) is 4.32 Å². The first kappa shape index (κ1) is 9.92. The molecule has 0 aromatic heterocycles. The van der Waals surface area contributed by atoms with Crippen LogP contribution in [0.2, 0.25) is 0 Å². The number of hydrogen-bond donors (Lipinski definition) is 0. The average molecular weight is 297 g/mol. The van der Waals surface area contributed by atoms with Gasteiger partial charge in [0.05, 0.1) is 0 Å². The number of rotatable bonds is 1. The van der Waals surface area contributed by atoms with Crippen molar-refractivity contribution in [3.05, 3.63) is 32.8 Å². The molecule has 0 saturated heterocycles. The van der Waals surface area contributed by atoms with E-state index < -0.39 is 10.4 Å². The third-order valence-corrected chi connectivity index (χ3v) is 2.95. The SMILES string of the molecule is CC1(Br)C=CC(Br)=CC1[N+](=O)[O-].